The SMILES string of the molecule is CCOc1cc(C(=O)NCC(C2CCOC2)N2CCOCC2)ccc1OCC(=O)N1CCCCC1. The summed E-state index contributed by atoms with van der Waals surface area (Å²) in [5.41, 5.74) is 0.506. The molecule has 0 aromatic heterocycles. The third-order valence-corrected chi connectivity index (χ3v) is 7.06. The monoisotopic (exact) mass is 489 g/mol. The molecule has 9 nitrogen and oxygen atoms in total. The van der Waals surface area contributed by atoms with Crippen LogP contribution >= 0.6 is 0 Å². The summed E-state index contributed by atoms with van der Waals surface area (Å²) >= 11 is 0. The van der Waals surface area contributed by atoms with Gasteiger partial charge in [0.15, 0.2) is 18.1 Å². The Morgan fingerprint density at radius 3 is 2.54 bits per heavy atom. The average molecular weight is 490 g/mol. The largest absolute Gasteiger partial charge is 0.490 e. The zero-order valence-corrected chi connectivity index (χ0v) is 20.8. The van der Waals surface area contributed by atoms with Gasteiger partial charge in [-0.3, -0.25) is 14.5 Å². The van der Waals surface area contributed by atoms with Crippen molar-refractivity contribution in [3.8, 4) is 11.5 Å². The van der Waals surface area contributed by atoms with Gasteiger partial charge in [0.25, 0.3) is 11.8 Å². The number of benzene rings is 1. The number of likely N-dealkylation sites (tertiary alicyclic amines) is 1. The molecule has 0 aliphatic carbocycles. The molecule has 2 unspecified atom stereocenters. The molecular weight excluding hydrogens is 450 g/mol. The minimum absolute atomic E-state index is 0.0148. The third-order valence-electron chi connectivity index (χ3n) is 7.06. The highest BCUT2D eigenvalue weighted by molar-refractivity contribution is 5.95. The van der Waals surface area contributed by atoms with Crippen LogP contribution in [-0.4, -0.2) is 100 Å². The van der Waals surface area contributed by atoms with E-state index in [2.05, 4.69) is 10.2 Å². The molecule has 0 bridgehead atoms. The minimum Gasteiger partial charge on any atom is -0.490 e. The predicted octanol–water partition coefficient (Wildman–Crippen LogP) is 1.94. The number of carbonyl (C=O) groups excluding carboxylic acids is 2. The van der Waals surface area contributed by atoms with Crippen LogP contribution < -0.4 is 14.8 Å². The van der Waals surface area contributed by atoms with Gasteiger partial charge in [0.2, 0.25) is 0 Å². The molecule has 9 heteroatoms. The van der Waals surface area contributed by atoms with E-state index in [1.807, 2.05) is 11.8 Å². The maximum absolute atomic E-state index is 13.0. The van der Waals surface area contributed by atoms with Gasteiger partial charge in [0, 0.05) is 56.9 Å². The minimum atomic E-state index is -0.154. The Labute approximate surface area is 208 Å². The van der Waals surface area contributed by atoms with Crippen LogP contribution in [0.4, 0.5) is 0 Å². The van der Waals surface area contributed by atoms with Gasteiger partial charge >= 0.3 is 0 Å². The van der Waals surface area contributed by atoms with Gasteiger partial charge < -0.3 is 29.2 Å². The van der Waals surface area contributed by atoms with Gasteiger partial charge in [-0.2, -0.15) is 0 Å². The fourth-order valence-electron chi connectivity index (χ4n) is 5.07. The smallest absolute Gasteiger partial charge is 0.260 e. The highest BCUT2D eigenvalue weighted by Crippen LogP contribution is 2.29. The van der Waals surface area contributed by atoms with E-state index in [0.29, 0.717) is 36.1 Å². The molecule has 3 aliphatic rings. The molecule has 0 saturated carbocycles. The van der Waals surface area contributed by atoms with E-state index in [0.717, 1.165) is 71.9 Å². The van der Waals surface area contributed by atoms with Crippen LogP contribution in [0.5, 0.6) is 11.5 Å². The fourth-order valence-corrected chi connectivity index (χ4v) is 5.07. The summed E-state index contributed by atoms with van der Waals surface area (Å²) in [6.07, 6.45) is 4.26. The summed E-state index contributed by atoms with van der Waals surface area (Å²) in [5, 5.41) is 3.12. The number of hydrogen-bond donors (Lipinski definition) is 1. The lowest BCUT2D eigenvalue weighted by Crippen LogP contribution is -2.52. The number of nitrogens with zero attached hydrogens (tertiary/aromatic N) is 2. The van der Waals surface area contributed by atoms with Crippen LogP contribution in [0.25, 0.3) is 0 Å². The van der Waals surface area contributed by atoms with Crippen LogP contribution in [0.15, 0.2) is 18.2 Å². The van der Waals surface area contributed by atoms with E-state index >= 15 is 0 Å². The normalized spacial score (nSPS) is 22.0. The van der Waals surface area contributed by atoms with E-state index in [9.17, 15) is 9.59 Å². The lowest BCUT2D eigenvalue weighted by Gasteiger charge is -2.37. The van der Waals surface area contributed by atoms with E-state index in [-0.39, 0.29) is 24.5 Å². The number of hydrogen-bond acceptors (Lipinski definition) is 7. The summed E-state index contributed by atoms with van der Waals surface area (Å²) in [6.45, 7) is 9.10. The maximum atomic E-state index is 13.0. The lowest BCUT2D eigenvalue weighted by atomic mass is 9.96. The second-order valence-electron chi connectivity index (χ2n) is 9.37. The van der Waals surface area contributed by atoms with Gasteiger partial charge in [-0.1, -0.05) is 0 Å². The Morgan fingerprint density at radius 2 is 1.83 bits per heavy atom. The number of carbonyl (C=O) groups is 2. The average Bonchev–Trinajstić information content (AvgIpc) is 3.44. The van der Waals surface area contributed by atoms with Crippen molar-refractivity contribution >= 4 is 11.8 Å². The number of piperidine rings is 1. The van der Waals surface area contributed by atoms with Gasteiger partial charge in [0.05, 0.1) is 26.4 Å². The van der Waals surface area contributed by atoms with Crippen molar-refractivity contribution < 1.29 is 28.5 Å². The Morgan fingerprint density at radius 1 is 1.03 bits per heavy atom. The second-order valence-corrected chi connectivity index (χ2v) is 9.37. The molecule has 2 atom stereocenters. The quantitative estimate of drug-likeness (QED) is 0.537. The molecule has 4 rings (SSSR count). The standard InChI is InChI=1S/C26H39N3O6/c1-2-34-24-16-20(6-7-23(24)35-19-25(30)29-9-4-3-5-10-29)26(31)27-17-22(21-8-13-33-18-21)28-11-14-32-15-12-28/h6-7,16,21-22H,2-5,8-15,17-19H2,1H3,(H,27,31). The van der Waals surface area contributed by atoms with Gasteiger partial charge in [0.1, 0.15) is 0 Å². The Kier molecular flexibility index (Phi) is 9.62. The molecule has 3 fully saturated rings. The summed E-state index contributed by atoms with van der Waals surface area (Å²) in [7, 11) is 0. The first-order valence-corrected chi connectivity index (χ1v) is 13.0. The highest BCUT2D eigenvalue weighted by Gasteiger charge is 2.32. The van der Waals surface area contributed by atoms with Gasteiger partial charge in [-0.25, -0.2) is 0 Å². The van der Waals surface area contributed by atoms with Crippen molar-refractivity contribution in [2.45, 2.75) is 38.6 Å². The molecule has 194 valence electrons. The van der Waals surface area contributed by atoms with E-state index in [4.69, 9.17) is 18.9 Å². The molecule has 2 amide bonds. The van der Waals surface area contributed by atoms with Gasteiger partial charge in [-0.05, 0) is 50.8 Å². The maximum Gasteiger partial charge on any atom is 0.260 e. The Balaban J connectivity index is 1.36. The van der Waals surface area contributed by atoms with E-state index in [1.54, 1.807) is 18.2 Å². The molecule has 1 aromatic rings. The number of rotatable bonds is 10. The Bertz CT molecular complexity index is 832. The molecule has 3 saturated heterocycles. The van der Waals surface area contributed by atoms with Crippen LogP contribution in [0.2, 0.25) is 0 Å². The van der Waals surface area contributed by atoms with Crippen molar-refractivity contribution in [2.24, 2.45) is 5.92 Å². The van der Waals surface area contributed by atoms with Crippen molar-refractivity contribution in [1.29, 1.82) is 0 Å². The molecule has 3 aliphatic heterocycles. The van der Waals surface area contributed by atoms with Crippen molar-refractivity contribution in [3.05, 3.63) is 23.8 Å². The summed E-state index contributed by atoms with van der Waals surface area (Å²) in [4.78, 5) is 29.8. The summed E-state index contributed by atoms with van der Waals surface area (Å²) in [6, 6.07) is 5.36. The van der Waals surface area contributed by atoms with Crippen LogP contribution in [0.1, 0.15) is 43.0 Å². The zero-order chi connectivity index (χ0) is 24.5. The molecule has 3 heterocycles. The second kappa shape index (κ2) is 13.1. The molecular formula is C26H39N3O6. The molecule has 0 radical (unpaired) electrons. The summed E-state index contributed by atoms with van der Waals surface area (Å²) in [5.74, 6) is 1.18. The lowest BCUT2D eigenvalue weighted by molar-refractivity contribution is -0.134. The number of ether oxygens (including phenoxy) is 4. The first kappa shape index (κ1) is 25.7. The van der Waals surface area contributed by atoms with Crippen LogP contribution in [0, 0.1) is 5.92 Å². The highest BCUT2D eigenvalue weighted by atomic mass is 16.5. The molecule has 35 heavy (non-hydrogen) atoms. The van der Waals surface area contributed by atoms with Crippen LogP contribution in [0.3, 0.4) is 0 Å². The Hall–Kier alpha value is -2.36. The van der Waals surface area contributed by atoms with E-state index < -0.39 is 0 Å². The summed E-state index contributed by atoms with van der Waals surface area (Å²) < 4.78 is 22.7. The molecule has 0 spiro atoms. The third kappa shape index (κ3) is 7.08. The van der Waals surface area contributed by atoms with E-state index in [1.165, 1.54) is 6.42 Å². The molecule has 1 N–H and O–H groups in total. The molecule has 1 aromatic carbocycles. The van der Waals surface area contributed by atoms with Crippen molar-refractivity contribution in [3.63, 3.8) is 0 Å². The zero-order valence-electron chi connectivity index (χ0n) is 20.8. The van der Waals surface area contributed by atoms with Gasteiger partial charge in [-0.15, -0.1) is 0 Å². The predicted molar refractivity (Wildman–Crippen MR) is 131 cm³/mol. The number of amides is 2. The topological polar surface area (TPSA) is 89.6 Å². The van der Waals surface area contributed by atoms with Crippen molar-refractivity contribution in [1.82, 2.24) is 15.1 Å². The van der Waals surface area contributed by atoms with Crippen LogP contribution in [-0.2, 0) is 14.3 Å². The van der Waals surface area contributed by atoms with Crippen molar-refractivity contribution in [2.75, 3.05) is 72.4 Å². The first-order chi connectivity index (χ1) is 17.2. The number of morpholine rings is 1. The first-order valence-electron chi connectivity index (χ1n) is 13.0. The number of nitrogens with one attached hydrogen (secondary N) is 1. The fraction of sp³-hybridized carbons (Fsp3) is 0.692.